The number of amides is 4. The van der Waals surface area contributed by atoms with E-state index in [4.69, 9.17) is 5.73 Å². The molecule has 0 unspecified atom stereocenters. The van der Waals surface area contributed by atoms with E-state index in [1.54, 1.807) is 0 Å². The van der Waals surface area contributed by atoms with Crippen LogP contribution in [0.5, 0.6) is 0 Å². The number of fused-ring (bicyclic) bond motifs is 1. The van der Waals surface area contributed by atoms with E-state index in [-0.39, 0.29) is 43.2 Å². The summed E-state index contributed by atoms with van der Waals surface area (Å²) in [5, 5.41) is 19.9. The predicted molar refractivity (Wildman–Crippen MR) is 150 cm³/mol. The van der Waals surface area contributed by atoms with Crippen LogP contribution in [0, 0.1) is 5.92 Å². The largest absolute Gasteiger partial charge is 0.480 e. The van der Waals surface area contributed by atoms with Gasteiger partial charge in [-0.2, -0.15) is 0 Å². The van der Waals surface area contributed by atoms with E-state index in [9.17, 15) is 29.1 Å². The van der Waals surface area contributed by atoms with Gasteiger partial charge in [0.2, 0.25) is 23.6 Å². The molecule has 1 aliphatic rings. The first-order chi connectivity index (χ1) is 19.1. The number of nitrogens with zero attached hydrogens (tertiary/aromatic N) is 1. The summed E-state index contributed by atoms with van der Waals surface area (Å²) in [5.41, 5.74) is 6.14. The molecule has 1 saturated heterocycles. The third-order valence-corrected chi connectivity index (χ3v) is 7.38. The van der Waals surface area contributed by atoms with Gasteiger partial charge >= 0.3 is 5.97 Å². The van der Waals surface area contributed by atoms with Gasteiger partial charge in [-0.05, 0) is 35.1 Å². The molecule has 1 fully saturated rings. The summed E-state index contributed by atoms with van der Waals surface area (Å²) < 4.78 is 0. The van der Waals surface area contributed by atoms with Crippen molar-refractivity contribution in [3.8, 4) is 0 Å². The normalized spacial score (nSPS) is 17.2. The molecular weight excluding hydrogens is 514 g/mol. The van der Waals surface area contributed by atoms with Gasteiger partial charge in [0.25, 0.3) is 0 Å². The van der Waals surface area contributed by atoms with Crippen LogP contribution in [0.25, 0.3) is 10.8 Å². The Hall–Kier alpha value is -3.99. The van der Waals surface area contributed by atoms with Gasteiger partial charge in [-0.25, -0.2) is 4.79 Å². The molecule has 6 N–H and O–H groups in total. The number of nitrogens with two attached hydrogens (primary N) is 1. The molecule has 11 nitrogen and oxygen atoms in total. The average molecular weight is 554 g/mol. The minimum absolute atomic E-state index is 0.0569. The molecule has 0 radical (unpaired) electrons. The quantitative estimate of drug-likeness (QED) is 0.221. The third-order valence-electron chi connectivity index (χ3n) is 7.38. The number of carboxylic acids is 1. The first-order valence-corrected chi connectivity index (χ1v) is 13.7. The Balaban J connectivity index is 1.83. The maximum atomic E-state index is 13.1. The Labute approximate surface area is 233 Å². The first-order valence-electron chi connectivity index (χ1n) is 13.7. The van der Waals surface area contributed by atoms with Crippen molar-refractivity contribution in [3.63, 3.8) is 0 Å². The van der Waals surface area contributed by atoms with E-state index in [1.807, 2.05) is 61.2 Å². The molecule has 0 aromatic heterocycles. The molecule has 3 rings (SSSR count). The van der Waals surface area contributed by atoms with Gasteiger partial charge < -0.3 is 26.8 Å². The predicted octanol–water partition coefficient (Wildman–Crippen LogP) is 1.29. The summed E-state index contributed by atoms with van der Waals surface area (Å²) in [4.78, 5) is 62.5. The SMILES string of the molecule is CC[C@H](C)[C@@H](CN(CC(=O)N[C@@H](CCC(N)=O)C(=O)O)Cc1cccc2ccccc12)NC(=O)[C@@H]1CCC(=O)N1. The maximum absolute atomic E-state index is 13.1. The highest BCUT2D eigenvalue weighted by molar-refractivity contribution is 5.91. The summed E-state index contributed by atoms with van der Waals surface area (Å²) in [6.07, 6.45) is 1.22. The summed E-state index contributed by atoms with van der Waals surface area (Å²) >= 11 is 0. The topological polar surface area (TPSA) is 171 Å². The van der Waals surface area contributed by atoms with Crippen LogP contribution in [-0.2, 0) is 30.5 Å². The fourth-order valence-electron chi connectivity index (χ4n) is 4.87. The molecule has 0 saturated carbocycles. The fourth-order valence-corrected chi connectivity index (χ4v) is 4.87. The number of aliphatic carboxylic acids is 1. The second-order valence-electron chi connectivity index (χ2n) is 10.4. The minimum Gasteiger partial charge on any atom is -0.480 e. The molecule has 1 aliphatic heterocycles. The van der Waals surface area contributed by atoms with Crippen molar-refractivity contribution in [1.29, 1.82) is 0 Å². The van der Waals surface area contributed by atoms with Crippen LogP contribution in [0.4, 0.5) is 0 Å². The van der Waals surface area contributed by atoms with Crippen LogP contribution < -0.4 is 21.7 Å². The van der Waals surface area contributed by atoms with Crippen LogP contribution in [0.15, 0.2) is 42.5 Å². The van der Waals surface area contributed by atoms with Crippen LogP contribution in [0.3, 0.4) is 0 Å². The van der Waals surface area contributed by atoms with Crippen molar-refractivity contribution in [2.24, 2.45) is 11.7 Å². The smallest absolute Gasteiger partial charge is 0.326 e. The number of carbonyl (C=O) groups is 5. The lowest BCUT2D eigenvalue weighted by Crippen LogP contribution is -2.53. The Kier molecular flexibility index (Phi) is 11.0. The number of benzene rings is 2. The second-order valence-corrected chi connectivity index (χ2v) is 10.4. The highest BCUT2D eigenvalue weighted by Gasteiger charge is 2.31. The number of carboxylic acid groups (broad SMARTS) is 1. The number of hydrogen-bond donors (Lipinski definition) is 5. The van der Waals surface area contributed by atoms with Gasteiger partial charge in [-0.3, -0.25) is 24.1 Å². The monoisotopic (exact) mass is 553 g/mol. The number of nitrogens with one attached hydrogen (secondary N) is 3. The maximum Gasteiger partial charge on any atom is 0.326 e. The molecule has 0 spiro atoms. The number of rotatable bonds is 15. The van der Waals surface area contributed by atoms with E-state index in [1.165, 1.54) is 0 Å². The van der Waals surface area contributed by atoms with E-state index in [2.05, 4.69) is 16.0 Å². The molecule has 1 heterocycles. The summed E-state index contributed by atoms with van der Waals surface area (Å²) in [7, 11) is 0. The number of primary amides is 1. The highest BCUT2D eigenvalue weighted by Crippen LogP contribution is 2.21. The molecule has 4 atom stereocenters. The zero-order valence-electron chi connectivity index (χ0n) is 23.0. The Morgan fingerprint density at radius 2 is 1.85 bits per heavy atom. The highest BCUT2D eigenvalue weighted by atomic mass is 16.4. The molecule has 0 aliphatic carbocycles. The molecular formula is C29H39N5O6. The summed E-state index contributed by atoms with van der Waals surface area (Å²) in [6, 6.07) is 11.7. The number of hydrogen-bond acceptors (Lipinski definition) is 6. The summed E-state index contributed by atoms with van der Waals surface area (Å²) in [5.74, 6) is -2.78. The van der Waals surface area contributed by atoms with Crippen LogP contribution in [0.2, 0.25) is 0 Å². The van der Waals surface area contributed by atoms with Crippen molar-refractivity contribution in [2.45, 2.75) is 70.6 Å². The van der Waals surface area contributed by atoms with E-state index >= 15 is 0 Å². The van der Waals surface area contributed by atoms with Gasteiger partial charge in [0, 0.05) is 32.0 Å². The standard InChI is InChI=1S/C29H39N5O6/c1-3-18(2)24(33-28(38)22-12-14-26(36)31-22)16-34(15-20-9-6-8-19-7-4-5-10-21(19)20)17-27(37)32-23(29(39)40)11-13-25(30)35/h4-10,18,22-24H,3,11-17H2,1-2H3,(H2,30,35)(H,31,36)(H,32,37)(H,33,38)(H,39,40)/t18-,22-,23-,24+/m0/s1. The van der Waals surface area contributed by atoms with Crippen LogP contribution >= 0.6 is 0 Å². The lowest BCUT2D eigenvalue weighted by molar-refractivity contribution is -0.142. The molecule has 2 aromatic carbocycles. The lowest BCUT2D eigenvalue weighted by atomic mass is 9.97. The molecule has 0 bridgehead atoms. The van der Waals surface area contributed by atoms with Crippen molar-refractivity contribution in [3.05, 3.63) is 48.0 Å². The zero-order valence-corrected chi connectivity index (χ0v) is 23.0. The average Bonchev–Trinajstić information content (AvgIpc) is 3.36. The van der Waals surface area contributed by atoms with E-state index in [0.717, 1.165) is 22.8 Å². The van der Waals surface area contributed by atoms with Gasteiger partial charge in [-0.15, -0.1) is 0 Å². The minimum atomic E-state index is -1.25. The molecule has 4 amide bonds. The fraction of sp³-hybridized carbons (Fsp3) is 0.483. The summed E-state index contributed by atoms with van der Waals surface area (Å²) in [6.45, 7) is 4.58. The first kappa shape index (κ1) is 30.6. The molecule has 40 heavy (non-hydrogen) atoms. The van der Waals surface area contributed by atoms with E-state index < -0.39 is 29.9 Å². The second kappa shape index (κ2) is 14.4. The molecule has 2 aromatic rings. The van der Waals surface area contributed by atoms with Crippen molar-refractivity contribution in [2.75, 3.05) is 13.1 Å². The van der Waals surface area contributed by atoms with E-state index in [0.29, 0.717) is 25.9 Å². The molecule has 216 valence electrons. The molecule has 11 heteroatoms. The van der Waals surface area contributed by atoms with Gasteiger partial charge in [-0.1, -0.05) is 62.7 Å². The van der Waals surface area contributed by atoms with Gasteiger partial charge in [0.1, 0.15) is 12.1 Å². The Bertz CT molecular complexity index is 1230. The van der Waals surface area contributed by atoms with Crippen molar-refractivity contribution < 1.29 is 29.1 Å². The van der Waals surface area contributed by atoms with Crippen LogP contribution in [0.1, 0.15) is 51.5 Å². The zero-order chi connectivity index (χ0) is 29.2. The lowest BCUT2D eigenvalue weighted by Gasteiger charge is -2.32. The van der Waals surface area contributed by atoms with Crippen molar-refractivity contribution >= 4 is 40.4 Å². The Morgan fingerprint density at radius 1 is 1.12 bits per heavy atom. The van der Waals surface area contributed by atoms with Gasteiger partial charge in [0.05, 0.1) is 6.54 Å². The third kappa shape index (κ3) is 8.77. The van der Waals surface area contributed by atoms with Crippen LogP contribution in [-0.4, -0.2) is 70.8 Å². The van der Waals surface area contributed by atoms with Gasteiger partial charge in [0.15, 0.2) is 0 Å². The van der Waals surface area contributed by atoms with Crippen molar-refractivity contribution in [1.82, 2.24) is 20.9 Å². The Morgan fingerprint density at radius 3 is 2.50 bits per heavy atom. The number of carbonyl (C=O) groups excluding carboxylic acids is 4.